The van der Waals surface area contributed by atoms with Crippen LogP contribution in [0.1, 0.15) is 33.1 Å². The first-order valence-corrected chi connectivity index (χ1v) is 6.97. The zero-order valence-corrected chi connectivity index (χ0v) is 12.1. The van der Waals surface area contributed by atoms with Crippen molar-refractivity contribution < 1.29 is 19.5 Å². The number of amides is 3. The van der Waals surface area contributed by atoms with E-state index < -0.39 is 23.3 Å². The molecule has 3 N–H and O–H groups in total. The summed E-state index contributed by atoms with van der Waals surface area (Å²) in [4.78, 5) is 36.1. The molecule has 1 rings (SSSR count). The monoisotopic (exact) mass is 285 g/mol. The molecule has 0 radical (unpaired) electrons. The number of carboxylic acids is 1. The van der Waals surface area contributed by atoms with E-state index >= 15 is 0 Å². The molecular weight excluding hydrogens is 262 g/mol. The van der Waals surface area contributed by atoms with Crippen LogP contribution in [0.25, 0.3) is 0 Å². The SMILES string of the molecule is CCCNC(=O)NC(=O)CN1CCC(CC)(C(=O)O)C1. The van der Waals surface area contributed by atoms with Crippen LogP contribution in [0.15, 0.2) is 0 Å². The third-order valence-electron chi connectivity index (χ3n) is 3.72. The van der Waals surface area contributed by atoms with Crippen LogP contribution in [0.5, 0.6) is 0 Å². The number of imide groups is 1. The molecule has 0 aromatic heterocycles. The van der Waals surface area contributed by atoms with E-state index in [4.69, 9.17) is 0 Å². The minimum absolute atomic E-state index is 0.0502. The fraction of sp³-hybridized carbons (Fsp3) is 0.769. The summed E-state index contributed by atoms with van der Waals surface area (Å²) >= 11 is 0. The normalized spacial score (nSPS) is 22.5. The van der Waals surface area contributed by atoms with Crippen LogP contribution in [0.2, 0.25) is 0 Å². The smallest absolute Gasteiger partial charge is 0.321 e. The highest BCUT2D eigenvalue weighted by Gasteiger charge is 2.43. The fourth-order valence-electron chi connectivity index (χ4n) is 2.36. The lowest BCUT2D eigenvalue weighted by Crippen LogP contribution is -2.45. The Bertz CT molecular complexity index is 386. The molecule has 0 aromatic carbocycles. The molecule has 0 aliphatic carbocycles. The number of carboxylic acid groups (broad SMARTS) is 1. The Morgan fingerprint density at radius 2 is 2.00 bits per heavy atom. The van der Waals surface area contributed by atoms with Crippen LogP contribution in [0.3, 0.4) is 0 Å². The Balaban J connectivity index is 2.41. The van der Waals surface area contributed by atoms with Gasteiger partial charge in [0.05, 0.1) is 12.0 Å². The van der Waals surface area contributed by atoms with Crippen LogP contribution >= 0.6 is 0 Å². The fourth-order valence-corrected chi connectivity index (χ4v) is 2.36. The van der Waals surface area contributed by atoms with E-state index in [9.17, 15) is 19.5 Å². The van der Waals surface area contributed by atoms with Crippen LogP contribution in [-0.2, 0) is 9.59 Å². The zero-order valence-electron chi connectivity index (χ0n) is 12.1. The van der Waals surface area contributed by atoms with Gasteiger partial charge in [0, 0.05) is 13.1 Å². The molecule has 1 aliphatic heterocycles. The number of rotatable bonds is 6. The molecule has 0 bridgehead atoms. The minimum Gasteiger partial charge on any atom is -0.481 e. The number of nitrogens with zero attached hydrogens (tertiary/aromatic N) is 1. The summed E-state index contributed by atoms with van der Waals surface area (Å²) in [6.07, 6.45) is 1.87. The van der Waals surface area contributed by atoms with Gasteiger partial charge in [-0.05, 0) is 25.8 Å². The molecule has 1 atom stereocenters. The predicted molar refractivity (Wildman–Crippen MR) is 73.2 cm³/mol. The Morgan fingerprint density at radius 1 is 1.30 bits per heavy atom. The number of hydrogen-bond acceptors (Lipinski definition) is 4. The average Bonchev–Trinajstić information content (AvgIpc) is 2.80. The molecule has 0 saturated carbocycles. The molecule has 1 heterocycles. The maximum absolute atomic E-state index is 11.7. The van der Waals surface area contributed by atoms with Gasteiger partial charge in [0.25, 0.3) is 0 Å². The first-order chi connectivity index (χ1) is 9.43. The largest absolute Gasteiger partial charge is 0.481 e. The van der Waals surface area contributed by atoms with Gasteiger partial charge in [0.15, 0.2) is 0 Å². The maximum Gasteiger partial charge on any atom is 0.321 e. The number of aliphatic carboxylic acids is 1. The van der Waals surface area contributed by atoms with Crippen LogP contribution in [0.4, 0.5) is 4.79 Å². The van der Waals surface area contributed by atoms with E-state index in [1.54, 1.807) is 4.90 Å². The summed E-state index contributed by atoms with van der Waals surface area (Å²) in [6, 6.07) is -0.504. The van der Waals surface area contributed by atoms with Gasteiger partial charge in [-0.15, -0.1) is 0 Å². The van der Waals surface area contributed by atoms with Crippen molar-refractivity contribution in [2.75, 3.05) is 26.2 Å². The zero-order chi connectivity index (χ0) is 15.2. The van der Waals surface area contributed by atoms with Gasteiger partial charge in [-0.3, -0.25) is 19.8 Å². The molecule has 114 valence electrons. The highest BCUT2D eigenvalue weighted by atomic mass is 16.4. The van der Waals surface area contributed by atoms with Crippen LogP contribution in [0, 0.1) is 5.41 Å². The lowest BCUT2D eigenvalue weighted by Gasteiger charge is -2.22. The third kappa shape index (κ3) is 4.19. The van der Waals surface area contributed by atoms with E-state index in [1.165, 1.54) is 0 Å². The first kappa shape index (κ1) is 16.4. The highest BCUT2D eigenvalue weighted by Crippen LogP contribution is 2.33. The standard InChI is InChI=1S/C13H23N3O4/c1-3-6-14-12(20)15-10(17)8-16-7-5-13(4-2,9-16)11(18)19/h3-9H2,1-2H3,(H,18,19)(H2,14,15,17,20). The Hall–Kier alpha value is -1.63. The summed E-state index contributed by atoms with van der Waals surface area (Å²) in [5, 5.41) is 14.1. The van der Waals surface area contributed by atoms with Crippen molar-refractivity contribution in [3.63, 3.8) is 0 Å². The second kappa shape index (κ2) is 7.23. The Kier molecular flexibility index (Phi) is 5.94. The van der Waals surface area contributed by atoms with Crippen molar-refractivity contribution >= 4 is 17.9 Å². The number of carbonyl (C=O) groups is 3. The number of hydrogen-bond donors (Lipinski definition) is 3. The van der Waals surface area contributed by atoms with Crippen molar-refractivity contribution in [2.24, 2.45) is 5.41 Å². The van der Waals surface area contributed by atoms with E-state index in [1.807, 2.05) is 13.8 Å². The molecule has 3 amide bonds. The maximum atomic E-state index is 11.7. The molecular formula is C13H23N3O4. The van der Waals surface area contributed by atoms with E-state index in [2.05, 4.69) is 10.6 Å². The summed E-state index contributed by atoms with van der Waals surface area (Å²) in [6.45, 7) is 5.24. The third-order valence-corrected chi connectivity index (χ3v) is 3.72. The van der Waals surface area contributed by atoms with Crippen molar-refractivity contribution in [1.29, 1.82) is 0 Å². The number of nitrogens with one attached hydrogen (secondary N) is 2. The van der Waals surface area contributed by atoms with Crippen molar-refractivity contribution in [3.8, 4) is 0 Å². The van der Waals surface area contributed by atoms with Crippen LogP contribution in [-0.4, -0.2) is 54.1 Å². The molecule has 7 nitrogen and oxygen atoms in total. The van der Waals surface area contributed by atoms with Gasteiger partial charge in [-0.2, -0.15) is 0 Å². The van der Waals surface area contributed by atoms with Gasteiger partial charge in [-0.25, -0.2) is 4.79 Å². The molecule has 1 unspecified atom stereocenters. The van der Waals surface area contributed by atoms with Gasteiger partial charge < -0.3 is 10.4 Å². The lowest BCUT2D eigenvalue weighted by atomic mass is 9.84. The second-order valence-electron chi connectivity index (χ2n) is 5.20. The average molecular weight is 285 g/mol. The molecule has 1 aliphatic rings. The quantitative estimate of drug-likeness (QED) is 0.656. The topological polar surface area (TPSA) is 98.7 Å². The highest BCUT2D eigenvalue weighted by molar-refractivity contribution is 5.95. The minimum atomic E-state index is -0.816. The van der Waals surface area contributed by atoms with Gasteiger partial charge in [0.1, 0.15) is 0 Å². The van der Waals surface area contributed by atoms with Crippen molar-refractivity contribution in [2.45, 2.75) is 33.1 Å². The van der Waals surface area contributed by atoms with E-state index in [0.29, 0.717) is 32.5 Å². The number of carbonyl (C=O) groups excluding carboxylic acids is 2. The Morgan fingerprint density at radius 3 is 2.50 bits per heavy atom. The molecule has 1 fully saturated rings. The van der Waals surface area contributed by atoms with Crippen LogP contribution < -0.4 is 10.6 Å². The molecule has 7 heteroatoms. The van der Waals surface area contributed by atoms with Crippen molar-refractivity contribution in [1.82, 2.24) is 15.5 Å². The molecule has 1 saturated heterocycles. The number of urea groups is 1. The second-order valence-corrected chi connectivity index (χ2v) is 5.20. The molecule has 20 heavy (non-hydrogen) atoms. The van der Waals surface area contributed by atoms with E-state index in [0.717, 1.165) is 6.42 Å². The lowest BCUT2D eigenvalue weighted by molar-refractivity contribution is -0.148. The molecule has 0 aromatic rings. The summed E-state index contributed by atoms with van der Waals surface area (Å²) in [5.41, 5.74) is -0.759. The predicted octanol–water partition coefficient (Wildman–Crippen LogP) is 0.409. The molecule has 0 spiro atoms. The van der Waals surface area contributed by atoms with Gasteiger partial charge in [-0.1, -0.05) is 13.8 Å². The first-order valence-electron chi connectivity index (χ1n) is 6.97. The van der Waals surface area contributed by atoms with Gasteiger partial charge in [0.2, 0.25) is 5.91 Å². The summed E-state index contributed by atoms with van der Waals surface area (Å²) < 4.78 is 0. The van der Waals surface area contributed by atoms with Crippen molar-refractivity contribution in [3.05, 3.63) is 0 Å². The van der Waals surface area contributed by atoms with E-state index in [-0.39, 0.29) is 6.54 Å². The van der Waals surface area contributed by atoms with Gasteiger partial charge >= 0.3 is 12.0 Å². The number of likely N-dealkylation sites (tertiary alicyclic amines) is 1. The summed E-state index contributed by atoms with van der Waals surface area (Å²) in [5.74, 6) is -1.22. The Labute approximate surface area is 118 Å². The summed E-state index contributed by atoms with van der Waals surface area (Å²) in [7, 11) is 0.